The van der Waals surface area contributed by atoms with Crippen molar-refractivity contribution in [3.63, 3.8) is 0 Å². The number of hydrogen-bond donors (Lipinski definition) is 1. The Morgan fingerprint density at radius 3 is 2.68 bits per heavy atom. The highest BCUT2D eigenvalue weighted by Crippen LogP contribution is 2.25. The molecule has 3 aromatic rings. The van der Waals surface area contributed by atoms with Crippen LogP contribution in [0.15, 0.2) is 61.2 Å². The van der Waals surface area contributed by atoms with Gasteiger partial charge in [-0.15, -0.1) is 0 Å². The lowest BCUT2D eigenvalue weighted by Crippen LogP contribution is -2.02. The fraction of sp³-hybridized carbons (Fsp3) is 0.118. The third-order valence-electron chi connectivity index (χ3n) is 3.39. The van der Waals surface area contributed by atoms with E-state index in [1.54, 1.807) is 18.6 Å². The first-order chi connectivity index (χ1) is 10.8. The molecule has 0 saturated carbocycles. The van der Waals surface area contributed by atoms with E-state index in [0.717, 1.165) is 16.9 Å². The summed E-state index contributed by atoms with van der Waals surface area (Å²) < 4.78 is 20.3. The topological polar surface area (TPSA) is 39.1 Å². The number of anilines is 1. The first-order valence-electron chi connectivity index (χ1n) is 6.91. The molecule has 0 aliphatic carbocycles. The number of aromatic nitrogens is 2. The zero-order chi connectivity index (χ0) is 15.4. The zero-order valence-corrected chi connectivity index (χ0v) is 12.2. The van der Waals surface area contributed by atoms with Crippen molar-refractivity contribution >= 4 is 5.69 Å². The Morgan fingerprint density at radius 2 is 2.00 bits per heavy atom. The van der Waals surface area contributed by atoms with Gasteiger partial charge < -0.3 is 14.6 Å². The van der Waals surface area contributed by atoms with E-state index in [2.05, 4.69) is 10.3 Å². The lowest BCUT2D eigenvalue weighted by atomic mass is 10.2. The summed E-state index contributed by atoms with van der Waals surface area (Å²) in [6.07, 6.45) is 5.41. The van der Waals surface area contributed by atoms with Crippen molar-refractivity contribution in [2.75, 3.05) is 12.4 Å². The molecule has 0 bridgehead atoms. The molecule has 112 valence electrons. The van der Waals surface area contributed by atoms with Crippen molar-refractivity contribution in [3.05, 3.63) is 72.6 Å². The van der Waals surface area contributed by atoms with Crippen LogP contribution in [0.4, 0.5) is 10.1 Å². The molecule has 22 heavy (non-hydrogen) atoms. The number of nitrogens with zero attached hydrogens (tertiary/aromatic N) is 2. The van der Waals surface area contributed by atoms with Crippen LogP contribution in [-0.2, 0) is 6.54 Å². The van der Waals surface area contributed by atoms with Crippen molar-refractivity contribution in [3.8, 4) is 11.4 Å². The Morgan fingerprint density at radius 1 is 1.18 bits per heavy atom. The molecule has 3 rings (SSSR count). The van der Waals surface area contributed by atoms with Crippen LogP contribution in [0.5, 0.6) is 5.75 Å². The van der Waals surface area contributed by atoms with Crippen molar-refractivity contribution in [1.29, 1.82) is 0 Å². The van der Waals surface area contributed by atoms with Gasteiger partial charge in [0.15, 0.2) is 0 Å². The number of halogens is 1. The van der Waals surface area contributed by atoms with Gasteiger partial charge >= 0.3 is 0 Å². The van der Waals surface area contributed by atoms with Gasteiger partial charge in [-0.1, -0.05) is 12.1 Å². The molecule has 0 atom stereocenters. The lowest BCUT2D eigenvalue weighted by molar-refractivity contribution is 0.413. The number of methoxy groups -OCH3 is 1. The fourth-order valence-electron chi connectivity index (χ4n) is 2.21. The maximum Gasteiger partial charge on any atom is 0.144 e. The molecule has 0 saturated heterocycles. The first kappa shape index (κ1) is 14.1. The minimum Gasteiger partial charge on any atom is -0.494 e. The Balaban J connectivity index is 1.69. The maximum atomic E-state index is 13.2. The summed E-state index contributed by atoms with van der Waals surface area (Å²) in [4.78, 5) is 4.03. The third kappa shape index (κ3) is 3.09. The summed E-state index contributed by atoms with van der Waals surface area (Å²) in [7, 11) is 1.53. The van der Waals surface area contributed by atoms with Crippen molar-refractivity contribution in [2.45, 2.75) is 6.54 Å². The van der Waals surface area contributed by atoms with Crippen LogP contribution in [0.3, 0.4) is 0 Å². The van der Waals surface area contributed by atoms with Crippen LogP contribution >= 0.6 is 0 Å². The molecule has 1 heterocycles. The summed E-state index contributed by atoms with van der Waals surface area (Å²) >= 11 is 0. The van der Waals surface area contributed by atoms with E-state index in [4.69, 9.17) is 4.74 Å². The van der Waals surface area contributed by atoms with Gasteiger partial charge in [-0.05, 0) is 29.8 Å². The second-order valence-electron chi connectivity index (χ2n) is 4.83. The van der Waals surface area contributed by atoms with Crippen molar-refractivity contribution in [1.82, 2.24) is 9.55 Å². The van der Waals surface area contributed by atoms with Crippen LogP contribution in [0.25, 0.3) is 5.69 Å². The minimum absolute atomic E-state index is 0.313. The summed E-state index contributed by atoms with van der Waals surface area (Å²) in [6.45, 7) is 0.631. The molecule has 0 aliphatic rings. The van der Waals surface area contributed by atoms with Gasteiger partial charge in [0.2, 0.25) is 0 Å². The van der Waals surface area contributed by atoms with Crippen LogP contribution in [-0.4, -0.2) is 16.7 Å². The van der Waals surface area contributed by atoms with E-state index in [9.17, 15) is 4.39 Å². The second kappa shape index (κ2) is 6.30. The number of rotatable bonds is 5. The molecule has 0 radical (unpaired) electrons. The monoisotopic (exact) mass is 297 g/mol. The smallest absolute Gasteiger partial charge is 0.144 e. The van der Waals surface area contributed by atoms with Gasteiger partial charge in [-0.3, -0.25) is 0 Å². The van der Waals surface area contributed by atoms with E-state index in [1.807, 2.05) is 35.0 Å². The molecular weight excluding hydrogens is 281 g/mol. The highest BCUT2D eigenvalue weighted by Gasteiger charge is 2.04. The molecule has 0 amide bonds. The van der Waals surface area contributed by atoms with Gasteiger partial charge in [0.05, 0.1) is 19.1 Å². The number of imidazole rings is 1. The Kier molecular flexibility index (Phi) is 4.05. The van der Waals surface area contributed by atoms with Gasteiger partial charge in [0.25, 0.3) is 0 Å². The average Bonchev–Trinajstić information content (AvgIpc) is 3.08. The summed E-state index contributed by atoms with van der Waals surface area (Å²) in [6, 6.07) is 12.6. The summed E-state index contributed by atoms with van der Waals surface area (Å²) in [5.74, 6) is 0.183. The normalized spacial score (nSPS) is 10.5. The van der Waals surface area contributed by atoms with E-state index >= 15 is 0 Å². The van der Waals surface area contributed by atoms with Crippen LogP contribution in [0.2, 0.25) is 0 Å². The third-order valence-corrected chi connectivity index (χ3v) is 3.39. The maximum absolute atomic E-state index is 13.2. The van der Waals surface area contributed by atoms with Crippen LogP contribution < -0.4 is 10.1 Å². The molecule has 2 aromatic carbocycles. The van der Waals surface area contributed by atoms with Gasteiger partial charge in [0.1, 0.15) is 11.6 Å². The number of hydrogen-bond acceptors (Lipinski definition) is 3. The SMILES string of the molecule is COc1cc(F)ccc1NCc1ccc(-n2ccnc2)cc1. The van der Waals surface area contributed by atoms with E-state index in [1.165, 1.54) is 19.2 Å². The quantitative estimate of drug-likeness (QED) is 0.781. The second-order valence-corrected chi connectivity index (χ2v) is 4.83. The molecule has 1 N–H and O–H groups in total. The first-order valence-corrected chi connectivity index (χ1v) is 6.91. The average molecular weight is 297 g/mol. The lowest BCUT2D eigenvalue weighted by Gasteiger charge is -2.11. The van der Waals surface area contributed by atoms with E-state index in [-0.39, 0.29) is 5.82 Å². The fourth-order valence-corrected chi connectivity index (χ4v) is 2.21. The van der Waals surface area contributed by atoms with Gasteiger partial charge in [-0.25, -0.2) is 9.37 Å². The van der Waals surface area contributed by atoms with Gasteiger partial charge in [-0.2, -0.15) is 0 Å². The molecule has 5 heteroatoms. The number of benzene rings is 2. The number of nitrogens with one attached hydrogen (secondary N) is 1. The molecule has 0 fully saturated rings. The Bertz CT molecular complexity index is 739. The van der Waals surface area contributed by atoms with Gasteiger partial charge in [0, 0.05) is 30.7 Å². The molecule has 0 unspecified atom stereocenters. The van der Waals surface area contributed by atoms with Crippen LogP contribution in [0, 0.1) is 5.82 Å². The minimum atomic E-state index is -0.313. The Labute approximate surface area is 128 Å². The molecule has 4 nitrogen and oxygen atoms in total. The predicted octanol–water partition coefficient (Wildman–Crippen LogP) is 3.63. The Hall–Kier alpha value is -2.82. The van der Waals surface area contributed by atoms with E-state index in [0.29, 0.717) is 12.3 Å². The molecule has 0 aliphatic heterocycles. The van der Waals surface area contributed by atoms with Crippen LogP contribution in [0.1, 0.15) is 5.56 Å². The standard InChI is InChI=1S/C17H16FN3O/c1-22-17-10-14(18)4-7-16(17)20-11-13-2-5-15(6-3-13)21-9-8-19-12-21/h2-10,12,20H,11H2,1H3. The zero-order valence-electron chi connectivity index (χ0n) is 12.2. The highest BCUT2D eigenvalue weighted by atomic mass is 19.1. The number of ether oxygens (including phenoxy) is 1. The summed E-state index contributed by atoms with van der Waals surface area (Å²) in [5, 5.41) is 3.25. The van der Waals surface area contributed by atoms with Crippen molar-refractivity contribution < 1.29 is 9.13 Å². The van der Waals surface area contributed by atoms with Crippen molar-refractivity contribution in [2.24, 2.45) is 0 Å². The molecular formula is C17H16FN3O. The highest BCUT2D eigenvalue weighted by molar-refractivity contribution is 5.56. The molecule has 0 spiro atoms. The summed E-state index contributed by atoms with van der Waals surface area (Å²) in [5.41, 5.74) is 2.94. The molecule has 1 aromatic heterocycles. The van der Waals surface area contributed by atoms with E-state index < -0.39 is 0 Å². The predicted molar refractivity (Wildman–Crippen MR) is 83.8 cm³/mol. The largest absolute Gasteiger partial charge is 0.494 e.